The first-order chi connectivity index (χ1) is 9.24. The number of rotatable bonds is 6. The molecular weight excluding hydrogens is 240 g/mol. The first-order valence-electron chi connectivity index (χ1n) is 7.85. The van der Waals surface area contributed by atoms with E-state index in [4.69, 9.17) is 0 Å². The quantitative estimate of drug-likeness (QED) is 0.685. The van der Waals surface area contributed by atoms with Gasteiger partial charge in [-0.2, -0.15) is 0 Å². The number of hydrogen-bond acceptors (Lipinski definition) is 3. The third-order valence-corrected chi connectivity index (χ3v) is 4.79. The van der Waals surface area contributed by atoms with Gasteiger partial charge in [0.15, 0.2) is 0 Å². The zero-order valence-corrected chi connectivity index (χ0v) is 11.9. The molecule has 1 saturated heterocycles. The predicted molar refractivity (Wildman–Crippen MR) is 75.9 cm³/mol. The molecule has 19 heavy (non-hydrogen) atoms. The lowest BCUT2D eigenvalue weighted by atomic mass is 9.87. The van der Waals surface area contributed by atoms with Gasteiger partial charge in [-0.25, -0.2) is 0 Å². The van der Waals surface area contributed by atoms with E-state index in [0.717, 1.165) is 25.8 Å². The third-order valence-electron chi connectivity index (χ3n) is 4.79. The van der Waals surface area contributed by atoms with Crippen LogP contribution < -0.4 is 10.6 Å². The maximum atomic E-state index is 11.9. The van der Waals surface area contributed by atoms with Crippen LogP contribution in [0.4, 0.5) is 0 Å². The predicted octanol–water partition coefficient (Wildman–Crippen LogP) is 1.58. The van der Waals surface area contributed by atoms with Crippen molar-refractivity contribution < 1.29 is 9.90 Å². The van der Waals surface area contributed by atoms with Crippen molar-refractivity contribution in [2.45, 2.75) is 63.8 Å². The summed E-state index contributed by atoms with van der Waals surface area (Å²) < 4.78 is 0. The standard InChI is InChI=1S/C15H28N2O2/c18-12-15(8-2-3-9-15)11-17-14(19)7-6-13-5-1-4-10-16-13/h13,16,18H,1-12H2,(H,17,19). The summed E-state index contributed by atoms with van der Waals surface area (Å²) in [5.41, 5.74) is -0.0290. The van der Waals surface area contributed by atoms with Crippen LogP contribution in [0.5, 0.6) is 0 Å². The molecule has 1 saturated carbocycles. The van der Waals surface area contributed by atoms with Crippen molar-refractivity contribution in [1.82, 2.24) is 10.6 Å². The number of amides is 1. The summed E-state index contributed by atoms with van der Waals surface area (Å²) in [6.45, 7) is 1.96. The number of aliphatic hydroxyl groups is 1. The van der Waals surface area contributed by atoms with E-state index in [1.807, 2.05) is 0 Å². The lowest BCUT2D eigenvalue weighted by Crippen LogP contribution is -2.39. The van der Waals surface area contributed by atoms with Crippen LogP contribution in [0, 0.1) is 5.41 Å². The molecule has 0 aromatic heterocycles. The molecule has 0 radical (unpaired) electrons. The summed E-state index contributed by atoms with van der Waals surface area (Å²) in [7, 11) is 0. The Kier molecular flexibility index (Phi) is 5.64. The Morgan fingerprint density at radius 3 is 2.68 bits per heavy atom. The van der Waals surface area contributed by atoms with Crippen LogP contribution in [0.25, 0.3) is 0 Å². The molecule has 1 amide bonds. The average molecular weight is 268 g/mol. The second-order valence-electron chi connectivity index (χ2n) is 6.33. The lowest BCUT2D eigenvalue weighted by Gasteiger charge is -2.27. The minimum Gasteiger partial charge on any atom is -0.396 e. The topological polar surface area (TPSA) is 61.4 Å². The molecule has 0 bridgehead atoms. The molecule has 0 aromatic rings. The molecule has 0 spiro atoms. The highest BCUT2D eigenvalue weighted by atomic mass is 16.3. The number of piperidine rings is 1. The van der Waals surface area contributed by atoms with Gasteiger partial charge >= 0.3 is 0 Å². The monoisotopic (exact) mass is 268 g/mol. The number of carbonyl (C=O) groups excluding carboxylic acids is 1. The number of hydrogen-bond donors (Lipinski definition) is 3. The minimum absolute atomic E-state index is 0.0290. The van der Waals surface area contributed by atoms with Gasteiger partial charge in [0.1, 0.15) is 0 Å². The minimum atomic E-state index is -0.0290. The first kappa shape index (κ1) is 14.8. The van der Waals surface area contributed by atoms with Gasteiger partial charge in [0, 0.05) is 24.4 Å². The van der Waals surface area contributed by atoms with Gasteiger partial charge < -0.3 is 15.7 Å². The summed E-state index contributed by atoms with van der Waals surface area (Å²) in [5.74, 6) is 0.145. The summed E-state index contributed by atoms with van der Waals surface area (Å²) in [5, 5.41) is 16.0. The Morgan fingerprint density at radius 2 is 2.05 bits per heavy atom. The van der Waals surface area contributed by atoms with Crippen molar-refractivity contribution in [3.8, 4) is 0 Å². The van der Waals surface area contributed by atoms with E-state index in [1.54, 1.807) is 0 Å². The zero-order chi connectivity index (χ0) is 13.6. The average Bonchev–Trinajstić information content (AvgIpc) is 2.93. The van der Waals surface area contributed by atoms with E-state index >= 15 is 0 Å². The van der Waals surface area contributed by atoms with Crippen LogP contribution in [-0.4, -0.2) is 36.8 Å². The fourth-order valence-corrected chi connectivity index (χ4v) is 3.37. The molecule has 1 unspecified atom stereocenters. The molecule has 110 valence electrons. The summed E-state index contributed by atoms with van der Waals surface area (Å²) >= 11 is 0. The smallest absolute Gasteiger partial charge is 0.220 e. The van der Waals surface area contributed by atoms with Crippen molar-refractivity contribution in [1.29, 1.82) is 0 Å². The van der Waals surface area contributed by atoms with Crippen LogP contribution in [0.1, 0.15) is 57.8 Å². The molecule has 3 N–H and O–H groups in total. The van der Waals surface area contributed by atoms with Gasteiger partial charge in [-0.1, -0.05) is 19.3 Å². The van der Waals surface area contributed by atoms with Gasteiger partial charge in [-0.15, -0.1) is 0 Å². The number of nitrogens with one attached hydrogen (secondary N) is 2. The van der Waals surface area contributed by atoms with E-state index in [1.165, 1.54) is 32.1 Å². The highest BCUT2D eigenvalue weighted by Gasteiger charge is 2.33. The van der Waals surface area contributed by atoms with E-state index < -0.39 is 0 Å². The first-order valence-corrected chi connectivity index (χ1v) is 7.85. The maximum absolute atomic E-state index is 11.9. The largest absolute Gasteiger partial charge is 0.396 e. The van der Waals surface area contributed by atoms with Gasteiger partial charge in [0.25, 0.3) is 0 Å². The van der Waals surface area contributed by atoms with Crippen molar-refractivity contribution in [3.63, 3.8) is 0 Å². The normalized spacial score (nSPS) is 26.3. The fourth-order valence-electron chi connectivity index (χ4n) is 3.37. The Balaban J connectivity index is 1.63. The molecule has 1 aliphatic heterocycles. The molecule has 2 rings (SSSR count). The maximum Gasteiger partial charge on any atom is 0.220 e. The lowest BCUT2D eigenvalue weighted by molar-refractivity contribution is -0.122. The van der Waals surface area contributed by atoms with Gasteiger partial charge in [-0.05, 0) is 38.6 Å². The Morgan fingerprint density at radius 1 is 1.26 bits per heavy atom. The molecule has 1 atom stereocenters. The number of aliphatic hydroxyl groups excluding tert-OH is 1. The van der Waals surface area contributed by atoms with Gasteiger partial charge in [0.05, 0.1) is 6.61 Å². The Bertz CT molecular complexity index is 282. The van der Waals surface area contributed by atoms with Crippen molar-refractivity contribution in [3.05, 3.63) is 0 Å². The van der Waals surface area contributed by atoms with E-state index in [0.29, 0.717) is 19.0 Å². The van der Waals surface area contributed by atoms with Crippen LogP contribution in [0.15, 0.2) is 0 Å². The van der Waals surface area contributed by atoms with E-state index in [9.17, 15) is 9.90 Å². The van der Waals surface area contributed by atoms with Gasteiger partial charge in [-0.3, -0.25) is 4.79 Å². The van der Waals surface area contributed by atoms with Crippen molar-refractivity contribution >= 4 is 5.91 Å². The van der Waals surface area contributed by atoms with Crippen molar-refractivity contribution in [2.24, 2.45) is 5.41 Å². The third kappa shape index (κ3) is 4.46. The molecule has 4 nitrogen and oxygen atoms in total. The van der Waals surface area contributed by atoms with Crippen LogP contribution in [0.2, 0.25) is 0 Å². The molecule has 1 heterocycles. The molecular formula is C15H28N2O2. The molecule has 2 aliphatic rings. The second kappa shape index (κ2) is 7.25. The molecule has 1 aliphatic carbocycles. The highest BCUT2D eigenvalue weighted by molar-refractivity contribution is 5.75. The van der Waals surface area contributed by atoms with Crippen LogP contribution in [-0.2, 0) is 4.79 Å². The second-order valence-corrected chi connectivity index (χ2v) is 6.33. The summed E-state index contributed by atoms with van der Waals surface area (Å²) in [6, 6.07) is 0.526. The van der Waals surface area contributed by atoms with Crippen molar-refractivity contribution in [2.75, 3.05) is 19.7 Å². The molecule has 4 heteroatoms. The summed E-state index contributed by atoms with van der Waals surface area (Å²) in [4.78, 5) is 11.9. The van der Waals surface area contributed by atoms with Gasteiger partial charge in [0.2, 0.25) is 5.91 Å². The van der Waals surface area contributed by atoms with Crippen LogP contribution in [0.3, 0.4) is 0 Å². The van der Waals surface area contributed by atoms with E-state index in [-0.39, 0.29) is 17.9 Å². The SMILES string of the molecule is O=C(CCC1CCCCN1)NCC1(CO)CCCC1. The van der Waals surface area contributed by atoms with Crippen LogP contribution >= 0.6 is 0 Å². The highest BCUT2D eigenvalue weighted by Crippen LogP contribution is 2.36. The molecule has 0 aromatic carbocycles. The Hall–Kier alpha value is -0.610. The number of carbonyl (C=O) groups is 1. The zero-order valence-electron chi connectivity index (χ0n) is 11.9. The van der Waals surface area contributed by atoms with E-state index in [2.05, 4.69) is 10.6 Å². The Labute approximate surface area is 116 Å². The molecule has 2 fully saturated rings. The fraction of sp³-hybridized carbons (Fsp3) is 0.933. The summed E-state index contributed by atoms with van der Waals surface area (Å²) in [6.07, 6.45) is 9.77.